The molecule has 0 aliphatic carbocycles. The van der Waals surface area contributed by atoms with E-state index in [1.165, 1.54) is 0 Å². The lowest BCUT2D eigenvalue weighted by molar-refractivity contribution is -0.250. The van der Waals surface area contributed by atoms with E-state index in [2.05, 4.69) is 16.0 Å². The number of benzene rings is 1. The van der Waals surface area contributed by atoms with E-state index in [4.69, 9.17) is 4.74 Å². The molecule has 2 aliphatic rings. The van der Waals surface area contributed by atoms with E-state index in [9.17, 15) is 27.9 Å². The molecule has 0 saturated carbocycles. The van der Waals surface area contributed by atoms with Crippen molar-refractivity contribution in [3.05, 3.63) is 52.3 Å². The number of amides is 2. The van der Waals surface area contributed by atoms with Crippen LogP contribution in [0.2, 0.25) is 0 Å². The highest BCUT2D eigenvalue weighted by molar-refractivity contribution is 5.87. The number of hydrogen-bond donors (Lipinski definition) is 2. The highest BCUT2D eigenvalue weighted by atomic mass is 19.4. The number of aromatic amines is 1. The van der Waals surface area contributed by atoms with E-state index in [0.29, 0.717) is 31.9 Å². The van der Waals surface area contributed by atoms with Crippen molar-refractivity contribution in [3.63, 3.8) is 0 Å². The molecule has 2 atom stereocenters. The van der Waals surface area contributed by atoms with Crippen LogP contribution in [0.25, 0.3) is 22.2 Å². The molecule has 5 rings (SSSR count). The van der Waals surface area contributed by atoms with Crippen LogP contribution in [0.1, 0.15) is 74.5 Å². The Labute approximate surface area is 242 Å². The lowest BCUT2D eigenvalue weighted by atomic mass is 9.86. The summed E-state index contributed by atoms with van der Waals surface area (Å²) in [6.45, 7) is 10.3. The predicted octanol–water partition coefficient (Wildman–Crippen LogP) is 6.12. The van der Waals surface area contributed by atoms with Gasteiger partial charge in [-0.05, 0) is 101 Å². The fourth-order valence-corrected chi connectivity index (χ4v) is 5.87. The third-order valence-corrected chi connectivity index (χ3v) is 8.37. The number of H-pyrrole nitrogens is 1. The van der Waals surface area contributed by atoms with E-state index in [0.717, 1.165) is 55.9 Å². The van der Waals surface area contributed by atoms with Crippen LogP contribution in [-0.4, -0.2) is 67.3 Å². The van der Waals surface area contributed by atoms with Crippen molar-refractivity contribution in [1.82, 2.24) is 19.8 Å². The molecule has 8 nitrogen and oxygen atoms in total. The second-order valence-corrected chi connectivity index (χ2v) is 12.6. The van der Waals surface area contributed by atoms with Crippen LogP contribution in [0.5, 0.6) is 0 Å². The number of alkyl halides is 3. The van der Waals surface area contributed by atoms with Crippen LogP contribution in [0.4, 0.5) is 18.0 Å². The summed E-state index contributed by atoms with van der Waals surface area (Å²) in [5, 5.41) is 11.1. The molecule has 11 heteroatoms. The molecular formula is C31H37F3N4O4. The molecule has 2 N–H and O–H groups in total. The van der Waals surface area contributed by atoms with Crippen molar-refractivity contribution >= 4 is 23.0 Å². The first-order chi connectivity index (χ1) is 19.5. The molecule has 0 unspecified atom stereocenters. The highest BCUT2D eigenvalue weighted by Gasteiger charge is 2.57. The summed E-state index contributed by atoms with van der Waals surface area (Å²) in [6.07, 6.45) is -2.14. The van der Waals surface area contributed by atoms with Gasteiger partial charge in [-0.25, -0.2) is 9.78 Å². The van der Waals surface area contributed by atoms with Gasteiger partial charge in [-0.15, -0.1) is 0 Å². The van der Waals surface area contributed by atoms with Crippen LogP contribution >= 0.6 is 0 Å². The monoisotopic (exact) mass is 586 g/mol. The Morgan fingerprint density at radius 1 is 1.07 bits per heavy atom. The van der Waals surface area contributed by atoms with Crippen molar-refractivity contribution < 1.29 is 32.6 Å². The molecule has 1 saturated heterocycles. The zero-order valence-corrected chi connectivity index (χ0v) is 24.8. The molecule has 2 amide bonds. The van der Waals surface area contributed by atoms with Gasteiger partial charge in [0.25, 0.3) is 5.91 Å². The second kappa shape index (κ2) is 10.3. The number of pyridine rings is 1. The van der Waals surface area contributed by atoms with E-state index in [1.54, 1.807) is 31.9 Å². The van der Waals surface area contributed by atoms with Gasteiger partial charge in [-0.2, -0.15) is 13.2 Å². The number of hydrogen-bond acceptors (Lipinski definition) is 5. The number of likely N-dealkylation sites (tertiary alicyclic amines) is 1. The Balaban J connectivity index is 1.60. The Morgan fingerprint density at radius 3 is 2.45 bits per heavy atom. The minimum atomic E-state index is -5.11. The van der Waals surface area contributed by atoms with E-state index >= 15 is 0 Å². The maximum absolute atomic E-state index is 13.6. The summed E-state index contributed by atoms with van der Waals surface area (Å²) < 4.78 is 46.3. The maximum atomic E-state index is 13.6. The summed E-state index contributed by atoms with van der Waals surface area (Å²) in [4.78, 5) is 36.8. The van der Waals surface area contributed by atoms with Gasteiger partial charge in [0.15, 0.2) is 0 Å². The number of carbonyl (C=O) groups excluding carboxylic acids is 2. The molecular weight excluding hydrogens is 549 g/mol. The average molecular weight is 587 g/mol. The summed E-state index contributed by atoms with van der Waals surface area (Å²) in [7, 11) is 0. The molecule has 42 heavy (non-hydrogen) atoms. The maximum Gasteiger partial charge on any atom is 0.426 e. The molecule has 1 aromatic carbocycles. The van der Waals surface area contributed by atoms with Gasteiger partial charge in [-0.1, -0.05) is 6.07 Å². The fraction of sp³-hybridized carbons (Fsp3) is 0.516. The van der Waals surface area contributed by atoms with Gasteiger partial charge < -0.3 is 24.6 Å². The minimum absolute atomic E-state index is 0.0226. The fourth-order valence-electron chi connectivity index (χ4n) is 5.87. The molecule has 226 valence electrons. The summed E-state index contributed by atoms with van der Waals surface area (Å²) >= 11 is 0. The smallest absolute Gasteiger partial charge is 0.426 e. The quantitative estimate of drug-likeness (QED) is 0.386. The number of aliphatic hydroxyl groups is 1. The summed E-state index contributed by atoms with van der Waals surface area (Å²) in [5.41, 5.74) is 2.77. The number of nitrogens with zero attached hydrogens (tertiary/aromatic N) is 3. The molecule has 1 fully saturated rings. The first-order valence-electron chi connectivity index (χ1n) is 14.2. The number of carbonyl (C=O) groups is 2. The first-order valence-corrected chi connectivity index (χ1v) is 14.2. The number of aromatic nitrogens is 2. The minimum Gasteiger partial charge on any atom is -0.444 e. The zero-order valence-electron chi connectivity index (χ0n) is 24.8. The number of aryl methyl sites for hydroxylation is 2. The molecule has 0 radical (unpaired) electrons. The average Bonchev–Trinajstić information content (AvgIpc) is 3.50. The standard InChI is InChI=1S/C31H37F3N4O4/c1-17-18(2)36-26-22(17)14-21(15-35-26)20-12-19-9-11-37(27(39)30(6,41)31(32,33)34)16-24(19)23(13-20)25-8-7-10-38(25)28(40)42-29(3,4)5/h12-15,25,41H,7-11,16H2,1-6H3,(H,35,36)/t25-,30-/m0/s1. The molecule has 4 heterocycles. The molecule has 0 bridgehead atoms. The van der Waals surface area contributed by atoms with Crippen LogP contribution in [0.3, 0.4) is 0 Å². The first kappa shape index (κ1) is 29.9. The van der Waals surface area contributed by atoms with Gasteiger partial charge in [-0.3, -0.25) is 4.79 Å². The third kappa shape index (κ3) is 5.34. The number of ether oxygens (including phenoxy) is 1. The van der Waals surface area contributed by atoms with E-state index in [-0.39, 0.29) is 19.1 Å². The van der Waals surface area contributed by atoms with E-state index in [1.807, 2.05) is 26.0 Å². The Morgan fingerprint density at radius 2 is 1.79 bits per heavy atom. The Hall–Kier alpha value is -3.60. The van der Waals surface area contributed by atoms with Crippen molar-refractivity contribution in [2.75, 3.05) is 13.1 Å². The number of nitrogens with one attached hydrogen (secondary N) is 1. The van der Waals surface area contributed by atoms with Gasteiger partial charge in [0.1, 0.15) is 11.2 Å². The number of halogens is 3. The summed E-state index contributed by atoms with van der Waals surface area (Å²) in [5.74, 6) is -1.39. The normalized spacial score (nSPS) is 19.1. The number of rotatable bonds is 3. The highest BCUT2D eigenvalue weighted by Crippen LogP contribution is 2.41. The van der Waals surface area contributed by atoms with Crippen LogP contribution in [0, 0.1) is 13.8 Å². The lowest BCUT2D eigenvalue weighted by Crippen LogP contribution is -2.56. The van der Waals surface area contributed by atoms with Gasteiger partial charge in [0, 0.05) is 42.5 Å². The molecule has 0 spiro atoms. The molecule has 2 aromatic heterocycles. The molecule has 3 aromatic rings. The van der Waals surface area contributed by atoms with Crippen molar-refractivity contribution in [1.29, 1.82) is 0 Å². The van der Waals surface area contributed by atoms with Crippen LogP contribution < -0.4 is 0 Å². The topological polar surface area (TPSA) is 98.8 Å². The predicted molar refractivity (Wildman–Crippen MR) is 152 cm³/mol. The largest absolute Gasteiger partial charge is 0.444 e. The van der Waals surface area contributed by atoms with Crippen molar-refractivity contribution in [2.45, 2.75) is 90.8 Å². The molecule has 2 aliphatic heterocycles. The Kier molecular flexibility index (Phi) is 7.32. The second-order valence-electron chi connectivity index (χ2n) is 12.6. The van der Waals surface area contributed by atoms with Crippen molar-refractivity contribution in [3.8, 4) is 11.1 Å². The van der Waals surface area contributed by atoms with Crippen molar-refractivity contribution in [2.24, 2.45) is 0 Å². The van der Waals surface area contributed by atoms with Gasteiger partial charge >= 0.3 is 12.3 Å². The van der Waals surface area contributed by atoms with Gasteiger partial charge in [0.05, 0.1) is 6.04 Å². The van der Waals surface area contributed by atoms with Crippen LogP contribution in [0.15, 0.2) is 24.4 Å². The zero-order chi connectivity index (χ0) is 30.8. The summed E-state index contributed by atoms with van der Waals surface area (Å²) in [6, 6.07) is 5.62. The number of fused-ring (bicyclic) bond motifs is 2. The lowest BCUT2D eigenvalue weighted by Gasteiger charge is -2.37. The van der Waals surface area contributed by atoms with E-state index < -0.39 is 29.4 Å². The van der Waals surface area contributed by atoms with Crippen LogP contribution in [-0.2, 0) is 22.5 Å². The SMILES string of the molecule is Cc1[nH]c2ncc(-c3cc4c(c([C@@H]5CCCN5C(=O)OC(C)(C)C)c3)CN(C(=O)[C@](C)(O)C(F)(F)F)CC4)cc2c1C. The van der Waals surface area contributed by atoms with Gasteiger partial charge in [0.2, 0.25) is 5.60 Å². The Bertz CT molecular complexity index is 1550. The third-order valence-electron chi connectivity index (χ3n) is 8.37.